The van der Waals surface area contributed by atoms with E-state index in [-0.39, 0.29) is 16.6 Å². The van der Waals surface area contributed by atoms with E-state index in [4.69, 9.17) is 10.5 Å². The van der Waals surface area contributed by atoms with Gasteiger partial charge in [-0.1, -0.05) is 26.2 Å². The van der Waals surface area contributed by atoms with Crippen molar-refractivity contribution in [1.29, 1.82) is 0 Å². The second kappa shape index (κ2) is 6.66. The van der Waals surface area contributed by atoms with E-state index in [1.807, 2.05) is 0 Å². The summed E-state index contributed by atoms with van der Waals surface area (Å²) in [5.74, 6) is 1.16. The Bertz CT molecular complexity index is 587. The molecule has 0 aliphatic heterocycles. The number of hydrogen-bond acceptors (Lipinski definition) is 4. The second-order valence-electron chi connectivity index (χ2n) is 5.66. The summed E-state index contributed by atoms with van der Waals surface area (Å²) in [7, 11) is -2.06. The Kier molecular flexibility index (Phi) is 5.11. The topological polar surface area (TPSA) is 81.4 Å². The molecule has 1 aromatic carbocycles. The summed E-state index contributed by atoms with van der Waals surface area (Å²) in [4.78, 5) is 0.127. The first-order valence-electron chi connectivity index (χ1n) is 7.42. The zero-order chi connectivity index (χ0) is 15.5. The summed E-state index contributed by atoms with van der Waals surface area (Å²) in [6.45, 7) is 2.16. The number of methoxy groups -OCH3 is 1. The third-order valence-corrected chi connectivity index (χ3v) is 5.78. The average Bonchev–Trinajstić information content (AvgIpc) is 2.46. The number of nitrogens with two attached hydrogens (primary N) is 1. The lowest BCUT2D eigenvalue weighted by Gasteiger charge is -2.29. The third-order valence-electron chi connectivity index (χ3n) is 4.19. The van der Waals surface area contributed by atoms with Crippen LogP contribution in [0.2, 0.25) is 0 Å². The SMILES string of the molecule is CCC1CCCC(NS(=O)(=O)c2ccc(OC)cc2N)C1. The molecule has 0 bridgehead atoms. The van der Waals surface area contributed by atoms with Crippen LogP contribution in [0.3, 0.4) is 0 Å². The van der Waals surface area contributed by atoms with Gasteiger partial charge in [-0.15, -0.1) is 0 Å². The van der Waals surface area contributed by atoms with Gasteiger partial charge < -0.3 is 10.5 Å². The van der Waals surface area contributed by atoms with Gasteiger partial charge in [0.05, 0.1) is 12.8 Å². The molecule has 0 aromatic heterocycles. The highest BCUT2D eigenvalue weighted by Gasteiger charge is 2.26. The van der Waals surface area contributed by atoms with Gasteiger partial charge in [0, 0.05) is 12.1 Å². The summed E-state index contributed by atoms with van der Waals surface area (Å²) in [6, 6.07) is 4.65. The summed E-state index contributed by atoms with van der Waals surface area (Å²) in [5.41, 5.74) is 6.06. The fourth-order valence-corrected chi connectivity index (χ4v) is 4.35. The fraction of sp³-hybridized carbons (Fsp3) is 0.600. The summed E-state index contributed by atoms with van der Waals surface area (Å²) < 4.78 is 32.8. The molecule has 21 heavy (non-hydrogen) atoms. The molecule has 118 valence electrons. The molecule has 2 atom stereocenters. The number of sulfonamides is 1. The molecule has 0 heterocycles. The number of ether oxygens (including phenoxy) is 1. The number of rotatable bonds is 5. The van der Waals surface area contributed by atoms with Crippen molar-refractivity contribution < 1.29 is 13.2 Å². The van der Waals surface area contributed by atoms with Crippen LogP contribution in [-0.4, -0.2) is 21.6 Å². The minimum atomic E-state index is -3.58. The van der Waals surface area contributed by atoms with E-state index >= 15 is 0 Å². The number of hydrogen-bond donors (Lipinski definition) is 2. The van der Waals surface area contributed by atoms with E-state index in [0.29, 0.717) is 11.7 Å². The average molecular weight is 312 g/mol. The Morgan fingerprint density at radius 3 is 2.76 bits per heavy atom. The van der Waals surface area contributed by atoms with Gasteiger partial charge in [-0.05, 0) is 30.9 Å². The lowest BCUT2D eigenvalue weighted by atomic mass is 9.85. The minimum Gasteiger partial charge on any atom is -0.497 e. The molecule has 1 saturated carbocycles. The van der Waals surface area contributed by atoms with Gasteiger partial charge in [0.25, 0.3) is 0 Å². The maximum absolute atomic E-state index is 12.5. The molecular formula is C15H24N2O3S. The molecule has 1 fully saturated rings. The van der Waals surface area contributed by atoms with Gasteiger partial charge in [0.2, 0.25) is 10.0 Å². The zero-order valence-corrected chi connectivity index (χ0v) is 13.4. The van der Waals surface area contributed by atoms with Gasteiger partial charge in [0.1, 0.15) is 10.6 Å². The Morgan fingerprint density at radius 2 is 2.14 bits per heavy atom. The highest BCUT2D eigenvalue weighted by Crippen LogP contribution is 2.29. The lowest BCUT2D eigenvalue weighted by Crippen LogP contribution is -2.38. The minimum absolute atomic E-state index is 0.00945. The number of benzene rings is 1. The van der Waals surface area contributed by atoms with Crippen LogP contribution in [-0.2, 0) is 10.0 Å². The summed E-state index contributed by atoms with van der Waals surface area (Å²) in [6.07, 6.45) is 5.17. The molecule has 0 amide bonds. The first-order chi connectivity index (χ1) is 9.96. The van der Waals surface area contributed by atoms with Crippen LogP contribution in [0.1, 0.15) is 39.0 Å². The van der Waals surface area contributed by atoms with Crippen LogP contribution in [0.4, 0.5) is 5.69 Å². The molecule has 0 saturated heterocycles. The molecule has 2 unspecified atom stereocenters. The van der Waals surface area contributed by atoms with Gasteiger partial charge in [-0.3, -0.25) is 0 Å². The molecule has 2 rings (SSSR count). The summed E-state index contributed by atoms with van der Waals surface area (Å²) in [5, 5.41) is 0. The van der Waals surface area contributed by atoms with Crippen LogP contribution in [0.25, 0.3) is 0 Å². The molecule has 0 radical (unpaired) electrons. The van der Waals surface area contributed by atoms with Crippen molar-refractivity contribution in [3.8, 4) is 5.75 Å². The van der Waals surface area contributed by atoms with E-state index < -0.39 is 10.0 Å². The maximum atomic E-state index is 12.5. The Balaban J connectivity index is 2.14. The molecule has 0 spiro atoms. The normalized spacial score (nSPS) is 23.0. The first-order valence-corrected chi connectivity index (χ1v) is 8.90. The van der Waals surface area contributed by atoms with Crippen molar-refractivity contribution in [3.05, 3.63) is 18.2 Å². The van der Waals surface area contributed by atoms with Crippen LogP contribution in [0.15, 0.2) is 23.1 Å². The lowest BCUT2D eigenvalue weighted by molar-refractivity contribution is 0.301. The van der Waals surface area contributed by atoms with Crippen molar-refractivity contribution in [3.63, 3.8) is 0 Å². The molecule has 1 aliphatic carbocycles. The van der Waals surface area contributed by atoms with Crippen LogP contribution < -0.4 is 15.2 Å². The molecular weight excluding hydrogens is 288 g/mol. The van der Waals surface area contributed by atoms with Crippen LogP contribution >= 0.6 is 0 Å². The van der Waals surface area contributed by atoms with Gasteiger partial charge in [-0.25, -0.2) is 13.1 Å². The van der Waals surface area contributed by atoms with Crippen molar-refractivity contribution in [2.24, 2.45) is 5.92 Å². The van der Waals surface area contributed by atoms with Gasteiger partial charge in [0.15, 0.2) is 0 Å². The second-order valence-corrected chi connectivity index (χ2v) is 7.35. The highest BCUT2D eigenvalue weighted by molar-refractivity contribution is 7.89. The maximum Gasteiger partial charge on any atom is 0.242 e. The number of anilines is 1. The highest BCUT2D eigenvalue weighted by atomic mass is 32.2. The summed E-state index contributed by atoms with van der Waals surface area (Å²) >= 11 is 0. The first kappa shape index (κ1) is 16.1. The van der Waals surface area contributed by atoms with E-state index in [9.17, 15) is 8.42 Å². The monoisotopic (exact) mass is 312 g/mol. The van der Waals surface area contributed by atoms with Crippen molar-refractivity contribution in [1.82, 2.24) is 4.72 Å². The molecule has 3 N–H and O–H groups in total. The molecule has 6 heteroatoms. The standard InChI is InChI=1S/C15H24N2O3S/c1-3-11-5-4-6-12(9-11)17-21(18,19)15-8-7-13(20-2)10-14(15)16/h7-8,10-12,17H,3-6,9,16H2,1-2H3. The Hall–Kier alpha value is -1.27. The van der Waals surface area contributed by atoms with Crippen molar-refractivity contribution in [2.45, 2.75) is 50.0 Å². The third kappa shape index (κ3) is 3.89. The van der Waals surface area contributed by atoms with E-state index in [0.717, 1.165) is 25.7 Å². The fourth-order valence-electron chi connectivity index (χ4n) is 2.95. The van der Waals surface area contributed by atoms with Gasteiger partial charge in [-0.2, -0.15) is 0 Å². The Labute approximate surface area is 126 Å². The molecule has 1 aliphatic rings. The van der Waals surface area contributed by atoms with Crippen LogP contribution in [0.5, 0.6) is 5.75 Å². The predicted octanol–water partition coefficient (Wildman–Crippen LogP) is 2.52. The number of nitrogen functional groups attached to an aromatic ring is 1. The smallest absolute Gasteiger partial charge is 0.242 e. The number of nitrogens with one attached hydrogen (secondary N) is 1. The van der Waals surface area contributed by atoms with E-state index in [1.54, 1.807) is 6.07 Å². The molecule has 1 aromatic rings. The van der Waals surface area contributed by atoms with Crippen molar-refractivity contribution >= 4 is 15.7 Å². The molecule has 5 nitrogen and oxygen atoms in total. The van der Waals surface area contributed by atoms with Crippen molar-refractivity contribution in [2.75, 3.05) is 12.8 Å². The van der Waals surface area contributed by atoms with E-state index in [2.05, 4.69) is 11.6 Å². The Morgan fingerprint density at radius 1 is 1.38 bits per heavy atom. The van der Waals surface area contributed by atoms with E-state index in [1.165, 1.54) is 25.7 Å². The van der Waals surface area contributed by atoms with Gasteiger partial charge >= 0.3 is 0 Å². The predicted molar refractivity (Wildman–Crippen MR) is 83.8 cm³/mol. The quantitative estimate of drug-likeness (QED) is 0.819. The largest absolute Gasteiger partial charge is 0.497 e. The zero-order valence-electron chi connectivity index (χ0n) is 12.6. The van der Waals surface area contributed by atoms with Crippen LogP contribution in [0, 0.1) is 5.92 Å².